The van der Waals surface area contributed by atoms with Crippen LogP contribution in [0.2, 0.25) is 0 Å². The van der Waals surface area contributed by atoms with Crippen LogP contribution in [0.15, 0.2) is 24.3 Å². The highest BCUT2D eigenvalue weighted by atomic mass is 32.1. The lowest BCUT2D eigenvalue weighted by molar-refractivity contribution is -0.137. The number of carbonyl (C=O) groups is 1. The molecule has 0 spiro atoms. The van der Waals surface area contributed by atoms with Gasteiger partial charge < -0.3 is 10.1 Å². The zero-order valence-electron chi connectivity index (χ0n) is 8.04. The van der Waals surface area contributed by atoms with Gasteiger partial charge in [-0.1, -0.05) is 18.3 Å². The van der Waals surface area contributed by atoms with Gasteiger partial charge in [0.05, 0.1) is 17.0 Å². The molecule has 0 aliphatic rings. The monoisotopic (exact) mass is 247 g/mol. The Morgan fingerprint density at radius 3 is 2.69 bits per heavy atom. The van der Waals surface area contributed by atoms with Crippen LogP contribution in [0, 0.1) is 0 Å². The van der Waals surface area contributed by atoms with Crippen molar-refractivity contribution in [1.29, 1.82) is 0 Å². The van der Waals surface area contributed by atoms with E-state index in [2.05, 4.69) is 5.32 Å². The van der Waals surface area contributed by atoms with Gasteiger partial charge in [-0.2, -0.15) is 13.2 Å². The van der Waals surface area contributed by atoms with E-state index in [1.165, 1.54) is 12.1 Å². The summed E-state index contributed by atoms with van der Waals surface area (Å²) in [6, 6.07) is 4.63. The molecule has 1 N–H and O–H groups in total. The van der Waals surface area contributed by atoms with Crippen molar-refractivity contribution in [3.8, 4) is 0 Å². The van der Waals surface area contributed by atoms with Gasteiger partial charge >= 0.3 is 6.18 Å². The molecular formula is C10H8F3NOS. The fraction of sp³-hybridized carbons (Fsp3) is 0.200. The Bertz CT molecular complexity index is 403. The predicted octanol–water partition coefficient (Wildman–Crippen LogP) is 3.03. The quantitative estimate of drug-likeness (QED) is 0.657. The minimum atomic E-state index is -4.38. The molecule has 2 nitrogen and oxygen atoms in total. The van der Waals surface area contributed by atoms with Gasteiger partial charge in [0.25, 0.3) is 0 Å². The first kappa shape index (κ1) is 12.6. The van der Waals surface area contributed by atoms with Crippen LogP contribution in [-0.4, -0.2) is 11.3 Å². The highest BCUT2D eigenvalue weighted by Crippen LogP contribution is 2.30. The molecule has 16 heavy (non-hydrogen) atoms. The topological polar surface area (TPSA) is 29.1 Å². The molecular weight excluding hydrogens is 239 g/mol. The average Bonchev–Trinajstić information content (AvgIpc) is 2.17. The fourth-order valence-corrected chi connectivity index (χ4v) is 1.25. The summed E-state index contributed by atoms with van der Waals surface area (Å²) in [5, 5.41) is 2.56. The summed E-state index contributed by atoms with van der Waals surface area (Å²) in [5.41, 5.74) is -0.534. The third-order valence-electron chi connectivity index (χ3n) is 1.74. The average molecular weight is 247 g/mol. The summed E-state index contributed by atoms with van der Waals surface area (Å²) in [7, 11) is 0. The number of thiocarbonyl (C=S) groups is 1. The maximum absolute atomic E-state index is 12.3. The summed E-state index contributed by atoms with van der Waals surface area (Å²) >= 11 is 4.75. The molecule has 0 atom stereocenters. The lowest BCUT2D eigenvalue weighted by atomic mass is 10.2. The Hall–Kier alpha value is -1.43. The van der Waals surface area contributed by atoms with Crippen molar-refractivity contribution < 1.29 is 18.0 Å². The summed E-state index contributed by atoms with van der Waals surface area (Å²) < 4.78 is 37.0. The molecule has 0 aliphatic carbocycles. The number of alkyl halides is 3. The van der Waals surface area contributed by atoms with Crippen LogP contribution in [0.1, 0.15) is 12.0 Å². The molecule has 1 aromatic rings. The number of hydrogen-bond donors (Lipinski definition) is 1. The van der Waals surface area contributed by atoms with Gasteiger partial charge in [0, 0.05) is 5.69 Å². The molecule has 1 rings (SSSR count). The number of carbonyl (C=O) groups excluding carboxylic acids is 1. The van der Waals surface area contributed by atoms with E-state index in [0.29, 0.717) is 6.29 Å². The van der Waals surface area contributed by atoms with Gasteiger partial charge in [0.1, 0.15) is 6.29 Å². The van der Waals surface area contributed by atoms with E-state index < -0.39 is 11.7 Å². The molecule has 0 unspecified atom stereocenters. The molecule has 0 fully saturated rings. The largest absolute Gasteiger partial charge is 0.416 e. The van der Waals surface area contributed by atoms with Crippen molar-refractivity contribution in [3.63, 3.8) is 0 Å². The highest BCUT2D eigenvalue weighted by Gasteiger charge is 2.30. The standard InChI is InChI=1S/C10H8F3NOS/c11-10(12,13)7-2-1-3-8(6-7)14-9(16)4-5-15/h1-3,5-6H,4H2,(H,14,16). The maximum Gasteiger partial charge on any atom is 0.416 e. The van der Waals surface area contributed by atoms with E-state index in [0.717, 1.165) is 12.1 Å². The number of hydrogen-bond acceptors (Lipinski definition) is 2. The van der Waals surface area contributed by atoms with Crippen LogP contribution < -0.4 is 5.32 Å². The van der Waals surface area contributed by atoms with Crippen LogP contribution in [0.4, 0.5) is 18.9 Å². The first-order chi connectivity index (χ1) is 7.43. The van der Waals surface area contributed by atoms with Crippen LogP contribution in [-0.2, 0) is 11.0 Å². The Kier molecular flexibility index (Phi) is 4.00. The van der Waals surface area contributed by atoms with Gasteiger partial charge in [-0.05, 0) is 18.2 Å². The van der Waals surface area contributed by atoms with Crippen LogP contribution in [0.3, 0.4) is 0 Å². The maximum atomic E-state index is 12.3. The Morgan fingerprint density at radius 2 is 2.12 bits per heavy atom. The number of halogens is 3. The van der Waals surface area contributed by atoms with E-state index in [9.17, 15) is 18.0 Å². The van der Waals surface area contributed by atoms with E-state index in [1.54, 1.807) is 0 Å². The number of benzene rings is 1. The molecule has 0 radical (unpaired) electrons. The lowest BCUT2D eigenvalue weighted by Gasteiger charge is -2.10. The minimum Gasteiger partial charge on any atom is -0.350 e. The Morgan fingerprint density at radius 1 is 1.44 bits per heavy atom. The summed E-state index contributed by atoms with van der Waals surface area (Å²) in [5.74, 6) is 0. The molecule has 0 aliphatic heterocycles. The zero-order valence-corrected chi connectivity index (χ0v) is 8.86. The molecule has 6 heteroatoms. The van der Waals surface area contributed by atoms with Crippen LogP contribution in [0.25, 0.3) is 0 Å². The van der Waals surface area contributed by atoms with Crippen LogP contribution >= 0.6 is 12.2 Å². The van der Waals surface area contributed by atoms with E-state index in [4.69, 9.17) is 12.2 Å². The third kappa shape index (κ3) is 3.62. The SMILES string of the molecule is O=CCC(=S)Nc1cccc(C(F)(F)F)c1. The number of anilines is 1. The van der Waals surface area contributed by atoms with Crippen molar-refractivity contribution in [2.45, 2.75) is 12.6 Å². The number of rotatable bonds is 3. The molecule has 0 saturated carbocycles. The van der Waals surface area contributed by atoms with E-state index in [-0.39, 0.29) is 17.1 Å². The normalized spacial score (nSPS) is 10.9. The second kappa shape index (κ2) is 5.07. The van der Waals surface area contributed by atoms with Crippen molar-refractivity contribution in [2.24, 2.45) is 0 Å². The number of nitrogens with one attached hydrogen (secondary N) is 1. The van der Waals surface area contributed by atoms with Gasteiger partial charge in [-0.25, -0.2) is 0 Å². The molecule has 0 saturated heterocycles. The summed E-state index contributed by atoms with van der Waals surface area (Å²) in [6.07, 6.45) is -3.81. The van der Waals surface area contributed by atoms with E-state index >= 15 is 0 Å². The molecule has 1 aromatic carbocycles. The minimum absolute atomic E-state index is 0.00835. The van der Waals surface area contributed by atoms with E-state index in [1.807, 2.05) is 0 Å². The smallest absolute Gasteiger partial charge is 0.350 e. The molecule has 86 valence electrons. The Balaban J connectivity index is 2.83. The summed E-state index contributed by atoms with van der Waals surface area (Å²) in [4.78, 5) is 10.3. The van der Waals surface area contributed by atoms with Crippen LogP contribution in [0.5, 0.6) is 0 Å². The van der Waals surface area contributed by atoms with Gasteiger partial charge in [-0.15, -0.1) is 0 Å². The molecule has 0 amide bonds. The summed E-state index contributed by atoms with van der Waals surface area (Å²) in [6.45, 7) is 0. The number of aldehydes is 1. The fourth-order valence-electron chi connectivity index (χ4n) is 1.06. The first-order valence-corrected chi connectivity index (χ1v) is 4.75. The Labute approximate surface area is 95.5 Å². The lowest BCUT2D eigenvalue weighted by Crippen LogP contribution is -2.11. The van der Waals surface area contributed by atoms with Gasteiger partial charge in [-0.3, -0.25) is 0 Å². The van der Waals surface area contributed by atoms with Crippen molar-refractivity contribution in [2.75, 3.05) is 5.32 Å². The molecule has 0 bridgehead atoms. The molecule has 0 aromatic heterocycles. The molecule has 0 heterocycles. The highest BCUT2D eigenvalue weighted by molar-refractivity contribution is 7.80. The second-order valence-electron chi connectivity index (χ2n) is 3.00. The van der Waals surface area contributed by atoms with Gasteiger partial charge in [0.2, 0.25) is 0 Å². The van der Waals surface area contributed by atoms with Gasteiger partial charge in [0.15, 0.2) is 0 Å². The van der Waals surface area contributed by atoms with Crippen molar-refractivity contribution in [1.82, 2.24) is 0 Å². The van der Waals surface area contributed by atoms with Crippen molar-refractivity contribution in [3.05, 3.63) is 29.8 Å². The second-order valence-corrected chi connectivity index (χ2v) is 3.49. The predicted molar refractivity (Wildman–Crippen MR) is 58.3 cm³/mol. The third-order valence-corrected chi connectivity index (χ3v) is 2.01. The zero-order chi connectivity index (χ0) is 12.2. The van der Waals surface area contributed by atoms with Crippen molar-refractivity contribution >= 4 is 29.2 Å². The first-order valence-electron chi connectivity index (χ1n) is 4.34.